The average Bonchev–Trinajstić information content (AvgIpc) is 3.04. The second-order valence-electron chi connectivity index (χ2n) is 8.52. The van der Waals surface area contributed by atoms with Gasteiger partial charge in [0.1, 0.15) is 18.4 Å². The first-order valence-corrected chi connectivity index (χ1v) is 10.2. The SMILES string of the molecule is Cc1cc(F)c2cccc3c2c1c1c2c(cc[n+]1C)c1cccc(C(C)C)c1n32. The molecule has 0 atom stereocenters. The molecule has 3 aromatic carbocycles. The first-order valence-electron chi connectivity index (χ1n) is 10.2. The molecule has 3 aromatic heterocycles. The molecular weight excluding hydrogens is 359 g/mol. The third-order valence-electron chi connectivity index (χ3n) is 6.49. The third kappa shape index (κ3) is 1.93. The Morgan fingerprint density at radius 3 is 2.41 bits per heavy atom. The van der Waals surface area contributed by atoms with Crippen molar-refractivity contribution in [1.82, 2.24) is 4.40 Å². The molecule has 6 aromatic rings. The molecule has 0 aliphatic carbocycles. The summed E-state index contributed by atoms with van der Waals surface area (Å²) in [6, 6.07) is 16.5. The Balaban J connectivity index is 2.12. The van der Waals surface area contributed by atoms with E-state index in [1.54, 1.807) is 6.07 Å². The van der Waals surface area contributed by atoms with Gasteiger partial charge in [-0.25, -0.2) is 4.39 Å². The molecule has 0 fully saturated rings. The Bertz CT molecular complexity index is 1600. The summed E-state index contributed by atoms with van der Waals surface area (Å²) in [6.07, 6.45) is 2.13. The van der Waals surface area contributed by atoms with E-state index >= 15 is 0 Å². The smallest absolute Gasteiger partial charge is 0.238 e. The minimum atomic E-state index is -0.151. The van der Waals surface area contributed by atoms with Gasteiger partial charge in [0.05, 0.1) is 16.4 Å². The predicted octanol–water partition coefficient (Wildman–Crippen LogP) is 6.39. The van der Waals surface area contributed by atoms with E-state index in [0.717, 1.165) is 27.4 Å². The molecule has 0 aliphatic heterocycles. The molecule has 0 unspecified atom stereocenters. The van der Waals surface area contributed by atoms with Crippen LogP contribution in [0.4, 0.5) is 4.39 Å². The number of halogens is 1. The van der Waals surface area contributed by atoms with E-state index in [2.05, 4.69) is 66.4 Å². The first-order chi connectivity index (χ1) is 14.0. The highest BCUT2D eigenvalue weighted by molar-refractivity contribution is 6.25. The summed E-state index contributed by atoms with van der Waals surface area (Å²) in [7, 11) is 2.09. The third-order valence-corrected chi connectivity index (χ3v) is 6.49. The summed E-state index contributed by atoms with van der Waals surface area (Å²) in [5, 5.41) is 5.36. The van der Waals surface area contributed by atoms with Crippen LogP contribution < -0.4 is 4.57 Å². The van der Waals surface area contributed by atoms with E-state index < -0.39 is 0 Å². The van der Waals surface area contributed by atoms with Crippen LogP contribution in [0.5, 0.6) is 0 Å². The number of benzene rings is 3. The van der Waals surface area contributed by atoms with Crippen molar-refractivity contribution in [2.75, 3.05) is 0 Å². The minimum absolute atomic E-state index is 0.151. The predicted molar refractivity (Wildman–Crippen MR) is 119 cm³/mol. The van der Waals surface area contributed by atoms with Crippen molar-refractivity contribution in [1.29, 1.82) is 0 Å². The van der Waals surface area contributed by atoms with Gasteiger partial charge >= 0.3 is 0 Å². The number of nitrogens with zero attached hydrogens (tertiary/aromatic N) is 2. The highest BCUT2D eigenvalue weighted by Gasteiger charge is 2.26. The van der Waals surface area contributed by atoms with E-state index in [9.17, 15) is 4.39 Å². The Labute approximate surface area is 168 Å². The Kier molecular flexibility index (Phi) is 3.14. The van der Waals surface area contributed by atoms with E-state index in [1.165, 1.54) is 27.4 Å². The highest BCUT2D eigenvalue weighted by Crippen LogP contribution is 2.42. The monoisotopic (exact) mass is 381 g/mol. The van der Waals surface area contributed by atoms with Crippen LogP contribution in [0.3, 0.4) is 0 Å². The lowest BCUT2D eigenvalue weighted by Crippen LogP contribution is -2.29. The Morgan fingerprint density at radius 2 is 1.62 bits per heavy atom. The van der Waals surface area contributed by atoms with Crippen molar-refractivity contribution < 1.29 is 8.96 Å². The maximum Gasteiger partial charge on any atom is 0.238 e. The van der Waals surface area contributed by atoms with Crippen LogP contribution in [0.25, 0.3) is 49.0 Å². The van der Waals surface area contributed by atoms with Crippen LogP contribution in [0.15, 0.2) is 54.7 Å². The minimum Gasteiger partial charge on any atom is -0.303 e. The quantitative estimate of drug-likeness (QED) is 0.177. The van der Waals surface area contributed by atoms with E-state index in [0.29, 0.717) is 11.3 Å². The Morgan fingerprint density at radius 1 is 0.897 bits per heavy atom. The van der Waals surface area contributed by atoms with Crippen molar-refractivity contribution in [3.8, 4) is 0 Å². The topological polar surface area (TPSA) is 8.29 Å². The molecule has 0 amide bonds. The number of para-hydroxylation sites is 1. The molecule has 0 saturated heterocycles. The van der Waals surface area contributed by atoms with Crippen LogP contribution in [-0.2, 0) is 7.05 Å². The van der Waals surface area contributed by atoms with Crippen molar-refractivity contribution in [2.24, 2.45) is 7.05 Å². The maximum absolute atomic E-state index is 15.0. The van der Waals surface area contributed by atoms with Crippen LogP contribution in [0.1, 0.15) is 30.9 Å². The van der Waals surface area contributed by atoms with Gasteiger partial charge in [-0.05, 0) is 36.1 Å². The molecule has 3 heterocycles. The first kappa shape index (κ1) is 16.7. The number of aryl methyl sites for hydroxylation is 2. The zero-order valence-corrected chi connectivity index (χ0v) is 17.0. The summed E-state index contributed by atoms with van der Waals surface area (Å²) < 4.78 is 19.5. The summed E-state index contributed by atoms with van der Waals surface area (Å²) in [4.78, 5) is 0. The van der Waals surface area contributed by atoms with Crippen LogP contribution in [-0.4, -0.2) is 4.40 Å². The number of pyridine rings is 2. The van der Waals surface area contributed by atoms with Crippen LogP contribution >= 0.6 is 0 Å². The van der Waals surface area contributed by atoms with Crippen LogP contribution in [0, 0.1) is 12.7 Å². The van der Waals surface area contributed by atoms with E-state index in [1.807, 2.05) is 19.1 Å². The van der Waals surface area contributed by atoms with E-state index in [4.69, 9.17) is 0 Å². The average molecular weight is 381 g/mol. The molecule has 3 heteroatoms. The number of aromatic nitrogens is 2. The zero-order chi connectivity index (χ0) is 20.0. The second-order valence-corrected chi connectivity index (χ2v) is 8.52. The molecule has 0 radical (unpaired) electrons. The fourth-order valence-corrected chi connectivity index (χ4v) is 5.25. The number of rotatable bonds is 1. The summed E-state index contributed by atoms with van der Waals surface area (Å²) in [5.41, 5.74) is 6.99. The molecule has 0 aliphatic rings. The molecular formula is C26H22FN2+. The van der Waals surface area contributed by atoms with Crippen LogP contribution in [0.2, 0.25) is 0 Å². The molecule has 0 saturated carbocycles. The van der Waals surface area contributed by atoms with Gasteiger partial charge in [0.25, 0.3) is 0 Å². The largest absolute Gasteiger partial charge is 0.303 e. The summed E-state index contributed by atoms with van der Waals surface area (Å²) >= 11 is 0. The maximum atomic E-state index is 15.0. The van der Waals surface area contributed by atoms with Gasteiger partial charge in [0.2, 0.25) is 5.52 Å². The van der Waals surface area contributed by atoms with Crippen molar-refractivity contribution in [3.63, 3.8) is 0 Å². The molecule has 29 heavy (non-hydrogen) atoms. The molecule has 0 spiro atoms. The molecule has 0 bridgehead atoms. The van der Waals surface area contributed by atoms with Crippen molar-refractivity contribution >= 4 is 49.0 Å². The number of hydrogen-bond donors (Lipinski definition) is 0. The highest BCUT2D eigenvalue weighted by atomic mass is 19.1. The molecule has 2 nitrogen and oxygen atoms in total. The second kappa shape index (κ2) is 5.44. The number of fused-ring (bicyclic) bond motifs is 5. The molecule has 0 N–H and O–H groups in total. The van der Waals surface area contributed by atoms with Gasteiger partial charge in [-0.3, -0.25) is 0 Å². The van der Waals surface area contributed by atoms with Gasteiger partial charge in [0.15, 0.2) is 6.20 Å². The van der Waals surface area contributed by atoms with Crippen molar-refractivity contribution in [3.05, 3.63) is 71.7 Å². The summed E-state index contributed by atoms with van der Waals surface area (Å²) in [6.45, 7) is 6.49. The van der Waals surface area contributed by atoms with Gasteiger partial charge in [0, 0.05) is 27.6 Å². The molecule has 6 rings (SSSR count). The number of hydrogen-bond acceptors (Lipinski definition) is 0. The lowest BCUT2D eigenvalue weighted by molar-refractivity contribution is -0.644. The Hall–Kier alpha value is -3.20. The van der Waals surface area contributed by atoms with Crippen molar-refractivity contribution in [2.45, 2.75) is 26.7 Å². The van der Waals surface area contributed by atoms with Gasteiger partial charge in [-0.2, -0.15) is 4.57 Å². The normalized spacial score (nSPS) is 12.6. The zero-order valence-electron chi connectivity index (χ0n) is 17.0. The lowest BCUT2D eigenvalue weighted by atomic mass is 9.97. The standard InChI is InChI=1S/C26H22FN2/c1-14(2)16-7-5-8-17-18-11-12-28(4)26-22-15(3)13-20(27)19-9-6-10-21(23(19)22)29(24(16)17)25(18)26/h5-14H,1-4H3/q+1. The van der Waals surface area contributed by atoms with Gasteiger partial charge in [-0.15, -0.1) is 0 Å². The fourth-order valence-electron chi connectivity index (χ4n) is 5.25. The van der Waals surface area contributed by atoms with E-state index in [-0.39, 0.29) is 5.82 Å². The fraction of sp³-hybridized carbons (Fsp3) is 0.192. The summed E-state index contributed by atoms with van der Waals surface area (Å²) in [5.74, 6) is 0.244. The van der Waals surface area contributed by atoms with Gasteiger partial charge < -0.3 is 4.40 Å². The molecule has 142 valence electrons. The van der Waals surface area contributed by atoms with Gasteiger partial charge in [-0.1, -0.05) is 44.2 Å². The lowest BCUT2D eigenvalue weighted by Gasteiger charge is -2.15.